The lowest BCUT2D eigenvalue weighted by Gasteiger charge is -2.03. The summed E-state index contributed by atoms with van der Waals surface area (Å²) in [5.74, 6) is 0. The maximum absolute atomic E-state index is 5.85. The molecule has 0 unspecified atom stereocenters. The number of rotatable bonds is 2. The number of hydrogen-bond acceptors (Lipinski definition) is 5. The second-order valence-electron chi connectivity index (χ2n) is 2.74. The van der Waals surface area contributed by atoms with E-state index in [2.05, 4.69) is 20.2 Å². The van der Waals surface area contributed by atoms with Crippen LogP contribution in [0.4, 0.5) is 5.69 Å². The van der Waals surface area contributed by atoms with Gasteiger partial charge in [0.25, 0.3) is 0 Å². The number of nitrogen functional groups attached to an aromatic ring is 1. The third-order valence-corrected chi connectivity index (χ3v) is 2.67. The van der Waals surface area contributed by atoms with Crippen LogP contribution in [0.25, 0.3) is 0 Å². The van der Waals surface area contributed by atoms with E-state index in [1.165, 1.54) is 18.1 Å². The molecule has 2 aromatic heterocycles. The Kier molecular flexibility index (Phi) is 2.36. The van der Waals surface area contributed by atoms with Gasteiger partial charge in [-0.1, -0.05) is 0 Å². The Morgan fingerprint density at radius 3 is 3.00 bits per heavy atom. The fraction of sp³-hybridized carbons (Fsp3) is 0.125. The molecule has 0 saturated heterocycles. The van der Waals surface area contributed by atoms with Crippen molar-refractivity contribution in [2.24, 2.45) is 0 Å². The summed E-state index contributed by atoms with van der Waals surface area (Å²) >= 11 is 1.37. The summed E-state index contributed by atoms with van der Waals surface area (Å²) in [6.45, 7) is 1.95. The minimum absolute atomic E-state index is 0.689. The van der Waals surface area contributed by atoms with Crippen LogP contribution in [0.15, 0.2) is 28.8 Å². The van der Waals surface area contributed by atoms with Crippen LogP contribution in [0, 0.1) is 6.92 Å². The van der Waals surface area contributed by atoms with Gasteiger partial charge in [0.2, 0.25) is 0 Å². The Balaban J connectivity index is 2.29. The predicted molar refractivity (Wildman–Crippen MR) is 53.9 cm³/mol. The summed E-state index contributed by atoms with van der Waals surface area (Å²) in [4.78, 5) is 8.15. The fourth-order valence-corrected chi connectivity index (χ4v) is 1.73. The molecule has 0 amide bonds. The van der Waals surface area contributed by atoms with E-state index in [9.17, 15) is 0 Å². The summed E-state index contributed by atoms with van der Waals surface area (Å²) < 4.78 is 0. The summed E-state index contributed by atoms with van der Waals surface area (Å²) in [7, 11) is 0. The number of H-pyrrole nitrogens is 1. The molecule has 0 atom stereocenters. The van der Waals surface area contributed by atoms with E-state index in [4.69, 9.17) is 5.73 Å². The van der Waals surface area contributed by atoms with Crippen molar-refractivity contribution in [2.75, 3.05) is 5.73 Å². The Morgan fingerprint density at radius 2 is 2.29 bits per heavy atom. The third-order valence-electron chi connectivity index (χ3n) is 1.76. The zero-order valence-corrected chi connectivity index (χ0v) is 8.38. The molecular formula is C8H9N5S. The maximum Gasteiger partial charge on any atom is 0.189 e. The van der Waals surface area contributed by atoms with Gasteiger partial charge in [0.1, 0.15) is 11.4 Å². The molecule has 3 N–H and O–H groups in total. The van der Waals surface area contributed by atoms with Crippen LogP contribution in [0.5, 0.6) is 0 Å². The van der Waals surface area contributed by atoms with Gasteiger partial charge in [-0.25, -0.2) is 9.97 Å². The molecule has 0 aliphatic carbocycles. The van der Waals surface area contributed by atoms with Crippen LogP contribution < -0.4 is 5.73 Å². The smallest absolute Gasteiger partial charge is 0.189 e. The van der Waals surface area contributed by atoms with Gasteiger partial charge < -0.3 is 5.73 Å². The highest BCUT2D eigenvalue weighted by Gasteiger charge is 2.06. The van der Waals surface area contributed by atoms with Gasteiger partial charge in [-0.15, -0.1) is 0 Å². The van der Waals surface area contributed by atoms with Crippen molar-refractivity contribution in [3.8, 4) is 0 Å². The van der Waals surface area contributed by atoms with Crippen LogP contribution >= 0.6 is 11.8 Å². The molecule has 0 bridgehead atoms. The van der Waals surface area contributed by atoms with Crippen molar-refractivity contribution in [3.05, 3.63) is 24.2 Å². The Labute approximate surface area is 85.2 Å². The van der Waals surface area contributed by atoms with Crippen molar-refractivity contribution in [1.29, 1.82) is 0 Å². The van der Waals surface area contributed by atoms with Crippen molar-refractivity contribution < 1.29 is 0 Å². The number of nitrogens with one attached hydrogen (secondary N) is 1. The lowest BCUT2D eigenvalue weighted by molar-refractivity contribution is 0.967. The number of aryl methyl sites for hydroxylation is 1. The average Bonchev–Trinajstić information content (AvgIpc) is 2.66. The molecule has 0 saturated carbocycles. The van der Waals surface area contributed by atoms with Gasteiger partial charge in [-0.3, -0.25) is 5.10 Å². The van der Waals surface area contributed by atoms with Gasteiger partial charge >= 0.3 is 0 Å². The number of aromatic amines is 1. The zero-order chi connectivity index (χ0) is 9.97. The van der Waals surface area contributed by atoms with Crippen molar-refractivity contribution in [3.63, 3.8) is 0 Å². The normalized spacial score (nSPS) is 10.4. The average molecular weight is 207 g/mol. The van der Waals surface area contributed by atoms with Crippen LogP contribution in [-0.4, -0.2) is 20.2 Å². The number of hydrogen-bond donors (Lipinski definition) is 2. The first-order valence-electron chi connectivity index (χ1n) is 4.01. The summed E-state index contributed by atoms with van der Waals surface area (Å²) in [5.41, 5.74) is 7.56. The van der Waals surface area contributed by atoms with E-state index in [1.54, 1.807) is 6.20 Å². The molecule has 0 spiro atoms. The van der Waals surface area contributed by atoms with Crippen molar-refractivity contribution in [1.82, 2.24) is 20.2 Å². The number of nitrogens with zero attached hydrogens (tertiary/aromatic N) is 3. The largest absolute Gasteiger partial charge is 0.396 e. The minimum atomic E-state index is 0.689. The Hall–Kier alpha value is -1.56. The monoisotopic (exact) mass is 207 g/mol. The molecular weight excluding hydrogens is 198 g/mol. The Morgan fingerprint density at radius 1 is 1.43 bits per heavy atom. The van der Waals surface area contributed by atoms with Gasteiger partial charge in [0.05, 0.1) is 5.69 Å². The number of aromatic nitrogens is 4. The molecule has 2 rings (SSSR count). The summed E-state index contributed by atoms with van der Waals surface area (Å²) in [6.07, 6.45) is 3.18. The molecule has 0 aliphatic rings. The quantitative estimate of drug-likeness (QED) is 0.774. The number of pyridine rings is 1. The minimum Gasteiger partial charge on any atom is -0.396 e. The molecule has 72 valence electrons. The van der Waals surface area contributed by atoms with Gasteiger partial charge in [0, 0.05) is 6.20 Å². The second-order valence-corrected chi connectivity index (χ2v) is 3.72. The highest BCUT2D eigenvalue weighted by Crippen LogP contribution is 2.28. The van der Waals surface area contributed by atoms with Gasteiger partial charge in [-0.2, -0.15) is 5.10 Å². The highest BCUT2D eigenvalue weighted by atomic mass is 32.2. The molecule has 0 radical (unpaired) electrons. The molecule has 2 aromatic rings. The molecule has 0 aliphatic heterocycles. The van der Waals surface area contributed by atoms with E-state index in [0.29, 0.717) is 10.8 Å². The maximum atomic E-state index is 5.85. The topological polar surface area (TPSA) is 80.5 Å². The molecule has 0 aromatic carbocycles. The molecule has 14 heavy (non-hydrogen) atoms. The first kappa shape index (κ1) is 9.01. The number of nitrogens with two attached hydrogens (primary N) is 1. The fourth-order valence-electron chi connectivity index (χ4n) is 0.961. The molecule has 6 heteroatoms. The van der Waals surface area contributed by atoms with Crippen LogP contribution in [-0.2, 0) is 0 Å². The van der Waals surface area contributed by atoms with Crippen LogP contribution in [0.2, 0.25) is 0 Å². The summed E-state index contributed by atoms with van der Waals surface area (Å²) in [5, 5.41) is 7.92. The Bertz CT molecular complexity index is 425. The van der Waals surface area contributed by atoms with E-state index in [1.807, 2.05) is 13.0 Å². The first-order chi connectivity index (χ1) is 6.77. The van der Waals surface area contributed by atoms with E-state index in [0.717, 1.165) is 10.6 Å². The predicted octanol–water partition coefficient (Wildman–Crippen LogP) is 1.24. The van der Waals surface area contributed by atoms with E-state index >= 15 is 0 Å². The lowest BCUT2D eigenvalue weighted by Crippen LogP contribution is -1.94. The number of anilines is 1. The SMILES string of the molecule is Cc1ccnc(Sc2ncn[nH]2)c1N. The van der Waals surface area contributed by atoms with E-state index < -0.39 is 0 Å². The third kappa shape index (κ3) is 1.69. The molecule has 0 fully saturated rings. The van der Waals surface area contributed by atoms with Crippen molar-refractivity contribution >= 4 is 17.4 Å². The highest BCUT2D eigenvalue weighted by molar-refractivity contribution is 7.99. The van der Waals surface area contributed by atoms with Gasteiger partial charge in [-0.05, 0) is 30.3 Å². The zero-order valence-electron chi connectivity index (χ0n) is 7.56. The van der Waals surface area contributed by atoms with Crippen LogP contribution in [0.3, 0.4) is 0 Å². The second kappa shape index (κ2) is 3.67. The van der Waals surface area contributed by atoms with Gasteiger partial charge in [0.15, 0.2) is 5.16 Å². The molecule has 5 nitrogen and oxygen atoms in total. The summed E-state index contributed by atoms with van der Waals surface area (Å²) in [6, 6.07) is 1.87. The van der Waals surface area contributed by atoms with E-state index in [-0.39, 0.29) is 0 Å². The molecule has 2 heterocycles. The first-order valence-corrected chi connectivity index (χ1v) is 4.83. The van der Waals surface area contributed by atoms with Crippen LogP contribution in [0.1, 0.15) is 5.56 Å². The lowest BCUT2D eigenvalue weighted by atomic mass is 10.3. The van der Waals surface area contributed by atoms with Crippen molar-refractivity contribution in [2.45, 2.75) is 17.1 Å². The standard InChI is InChI=1S/C8H9N5S/c1-5-2-3-10-7(6(5)9)14-8-11-4-12-13-8/h2-4H,9H2,1H3,(H,11,12,13).